The number of aryl methyl sites for hydroxylation is 2. The van der Waals surface area contributed by atoms with Gasteiger partial charge in [0, 0.05) is 17.9 Å². The molecule has 2 aromatic carbocycles. The molecule has 0 spiro atoms. The van der Waals surface area contributed by atoms with Crippen molar-refractivity contribution in [2.75, 3.05) is 6.79 Å². The standard InChI is InChI=1S/C24H22N2O6/c1-13-6-17-16(9-21(27)32-19(17)7-14(13)2)11-26-22(28)24(3,25-23(26)29)10-15-4-5-18-20(8-15)31-12-30-18/h4-9H,10-12H2,1-3H3,(H,25,29)/t24-/m1/s1. The summed E-state index contributed by atoms with van der Waals surface area (Å²) in [5, 5.41) is 3.52. The van der Waals surface area contributed by atoms with Crippen LogP contribution in [0.1, 0.15) is 29.2 Å². The molecule has 2 aliphatic heterocycles. The Labute approximate surface area is 183 Å². The molecule has 0 radical (unpaired) electrons. The van der Waals surface area contributed by atoms with E-state index in [-0.39, 0.29) is 19.2 Å². The number of urea groups is 1. The zero-order valence-corrected chi connectivity index (χ0v) is 18.0. The summed E-state index contributed by atoms with van der Waals surface area (Å²) < 4.78 is 16.1. The molecule has 8 heteroatoms. The molecular formula is C24H22N2O6. The molecule has 3 aromatic rings. The molecule has 2 aliphatic rings. The number of hydrogen-bond donors (Lipinski definition) is 1. The van der Waals surface area contributed by atoms with Gasteiger partial charge in [0.1, 0.15) is 11.1 Å². The number of benzene rings is 2. The number of nitrogens with zero attached hydrogens (tertiary/aromatic N) is 1. The van der Waals surface area contributed by atoms with Gasteiger partial charge in [-0.25, -0.2) is 9.59 Å². The van der Waals surface area contributed by atoms with E-state index >= 15 is 0 Å². The van der Waals surface area contributed by atoms with Gasteiger partial charge in [-0.1, -0.05) is 6.07 Å². The zero-order valence-electron chi connectivity index (χ0n) is 18.0. The highest BCUT2D eigenvalue weighted by atomic mass is 16.7. The van der Waals surface area contributed by atoms with Crippen molar-refractivity contribution in [2.45, 2.75) is 39.3 Å². The molecule has 5 rings (SSSR count). The average Bonchev–Trinajstić information content (AvgIpc) is 3.27. The number of carbonyl (C=O) groups excluding carboxylic acids is 2. The molecule has 3 heterocycles. The summed E-state index contributed by atoms with van der Waals surface area (Å²) in [6.45, 7) is 5.73. The van der Waals surface area contributed by atoms with Crippen molar-refractivity contribution in [1.29, 1.82) is 0 Å². The second kappa shape index (κ2) is 7.12. The Hall–Kier alpha value is -3.81. The molecule has 1 N–H and O–H groups in total. The summed E-state index contributed by atoms with van der Waals surface area (Å²) in [6, 6.07) is 10.0. The van der Waals surface area contributed by atoms with E-state index < -0.39 is 17.2 Å². The van der Waals surface area contributed by atoms with Gasteiger partial charge in [-0.3, -0.25) is 9.69 Å². The van der Waals surface area contributed by atoms with E-state index in [2.05, 4.69) is 5.32 Å². The van der Waals surface area contributed by atoms with Gasteiger partial charge in [0.15, 0.2) is 11.5 Å². The van der Waals surface area contributed by atoms with Crippen LogP contribution < -0.4 is 20.4 Å². The number of ether oxygens (including phenoxy) is 2. The maximum Gasteiger partial charge on any atom is 0.336 e. The second-order valence-corrected chi connectivity index (χ2v) is 8.54. The highest BCUT2D eigenvalue weighted by Crippen LogP contribution is 2.34. The van der Waals surface area contributed by atoms with Crippen molar-refractivity contribution >= 4 is 22.9 Å². The van der Waals surface area contributed by atoms with Gasteiger partial charge >= 0.3 is 11.7 Å². The van der Waals surface area contributed by atoms with Crippen LogP contribution in [0.5, 0.6) is 11.5 Å². The van der Waals surface area contributed by atoms with E-state index in [4.69, 9.17) is 13.9 Å². The van der Waals surface area contributed by atoms with Crippen LogP contribution in [0.15, 0.2) is 45.6 Å². The van der Waals surface area contributed by atoms with Crippen molar-refractivity contribution in [3.8, 4) is 11.5 Å². The molecular weight excluding hydrogens is 412 g/mol. The lowest BCUT2D eigenvalue weighted by Gasteiger charge is -2.22. The Bertz CT molecular complexity index is 1340. The highest BCUT2D eigenvalue weighted by molar-refractivity contribution is 6.07. The quantitative estimate of drug-likeness (QED) is 0.500. The summed E-state index contributed by atoms with van der Waals surface area (Å²) in [5.41, 5.74) is 2.21. The van der Waals surface area contributed by atoms with Gasteiger partial charge in [0.2, 0.25) is 6.79 Å². The first kappa shape index (κ1) is 20.1. The summed E-state index contributed by atoms with van der Waals surface area (Å²) >= 11 is 0. The van der Waals surface area contributed by atoms with Gasteiger partial charge in [-0.15, -0.1) is 0 Å². The summed E-state index contributed by atoms with van der Waals surface area (Å²) in [5.74, 6) is 0.917. The number of imide groups is 1. The lowest BCUT2D eigenvalue weighted by atomic mass is 9.92. The molecule has 0 saturated carbocycles. The third-order valence-corrected chi connectivity index (χ3v) is 6.11. The molecule has 0 aliphatic carbocycles. The molecule has 0 bridgehead atoms. The number of fused-ring (bicyclic) bond motifs is 2. The number of rotatable bonds is 4. The molecule has 8 nitrogen and oxygen atoms in total. The van der Waals surface area contributed by atoms with E-state index in [1.54, 1.807) is 19.1 Å². The molecule has 1 atom stereocenters. The second-order valence-electron chi connectivity index (χ2n) is 8.54. The van der Waals surface area contributed by atoms with E-state index in [9.17, 15) is 14.4 Å². The maximum atomic E-state index is 13.3. The number of carbonyl (C=O) groups is 2. The largest absolute Gasteiger partial charge is 0.454 e. The first-order valence-corrected chi connectivity index (χ1v) is 10.3. The van der Waals surface area contributed by atoms with Crippen LogP contribution in [0.25, 0.3) is 11.0 Å². The zero-order chi connectivity index (χ0) is 22.6. The van der Waals surface area contributed by atoms with E-state index in [1.165, 1.54) is 6.07 Å². The Morgan fingerprint density at radius 2 is 1.75 bits per heavy atom. The van der Waals surface area contributed by atoms with Crippen molar-refractivity contribution in [3.63, 3.8) is 0 Å². The van der Waals surface area contributed by atoms with Crippen molar-refractivity contribution in [2.24, 2.45) is 0 Å². The molecule has 0 unspecified atom stereocenters. The Morgan fingerprint density at radius 3 is 2.56 bits per heavy atom. The smallest absolute Gasteiger partial charge is 0.336 e. The average molecular weight is 434 g/mol. The van der Waals surface area contributed by atoms with Crippen LogP contribution >= 0.6 is 0 Å². The lowest BCUT2D eigenvalue weighted by Crippen LogP contribution is -2.45. The molecule has 164 valence electrons. The summed E-state index contributed by atoms with van der Waals surface area (Å²) in [4.78, 5) is 39.3. The normalized spacial score (nSPS) is 19.7. The fourth-order valence-electron chi connectivity index (χ4n) is 4.25. The Morgan fingerprint density at radius 1 is 1.00 bits per heavy atom. The molecule has 1 saturated heterocycles. The SMILES string of the molecule is Cc1cc2oc(=O)cc(CN3C(=O)N[C@](C)(Cc4ccc5c(c4)OCO5)C3=O)c2cc1C. The molecule has 1 fully saturated rings. The number of nitrogens with one attached hydrogen (secondary N) is 1. The molecule has 1 aromatic heterocycles. The van der Waals surface area contributed by atoms with Crippen LogP contribution in [0, 0.1) is 13.8 Å². The topological polar surface area (TPSA) is 98.1 Å². The minimum Gasteiger partial charge on any atom is -0.454 e. The first-order chi connectivity index (χ1) is 15.2. The maximum absolute atomic E-state index is 13.3. The molecule has 3 amide bonds. The highest BCUT2D eigenvalue weighted by Gasteiger charge is 2.47. The lowest BCUT2D eigenvalue weighted by molar-refractivity contribution is -0.131. The fraction of sp³-hybridized carbons (Fsp3) is 0.292. The number of amides is 3. The van der Waals surface area contributed by atoms with E-state index in [1.807, 2.05) is 32.0 Å². The van der Waals surface area contributed by atoms with Crippen LogP contribution in [0.3, 0.4) is 0 Å². The summed E-state index contributed by atoms with van der Waals surface area (Å²) in [6.07, 6.45) is 0.292. The van der Waals surface area contributed by atoms with Gasteiger partial charge in [-0.2, -0.15) is 0 Å². The monoisotopic (exact) mass is 434 g/mol. The fourth-order valence-corrected chi connectivity index (χ4v) is 4.25. The summed E-state index contributed by atoms with van der Waals surface area (Å²) in [7, 11) is 0. The van der Waals surface area contributed by atoms with Crippen LogP contribution in [0.2, 0.25) is 0 Å². The van der Waals surface area contributed by atoms with Gasteiger partial charge in [0.25, 0.3) is 5.91 Å². The Balaban J connectivity index is 1.44. The Kier molecular flexibility index (Phi) is 4.47. The minimum atomic E-state index is -1.12. The van der Waals surface area contributed by atoms with Crippen molar-refractivity contribution < 1.29 is 23.5 Å². The predicted molar refractivity (Wildman–Crippen MR) is 116 cm³/mol. The van der Waals surface area contributed by atoms with Crippen LogP contribution in [0.4, 0.5) is 4.79 Å². The van der Waals surface area contributed by atoms with E-state index in [0.29, 0.717) is 34.5 Å². The first-order valence-electron chi connectivity index (χ1n) is 10.3. The van der Waals surface area contributed by atoms with Crippen LogP contribution in [-0.4, -0.2) is 29.2 Å². The van der Waals surface area contributed by atoms with E-state index in [0.717, 1.165) is 21.6 Å². The van der Waals surface area contributed by atoms with Gasteiger partial charge < -0.3 is 19.2 Å². The van der Waals surface area contributed by atoms with Gasteiger partial charge in [0.05, 0.1) is 6.54 Å². The molecule has 32 heavy (non-hydrogen) atoms. The van der Waals surface area contributed by atoms with Crippen molar-refractivity contribution in [3.05, 3.63) is 69.1 Å². The number of hydrogen-bond acceptors (Lipinski definition) is 6. The third-order valence-electron chi connectivity index (χ3n) is 6.11. The van der Waals surface area contributed by atoms with Gasteiger partial charge in [-0.05, 0) is 67.3 Å². The van der Waals surface area contributed by atoms with Crippen LogP contribution in [-0.2, 0) is 17.8 Å². The minimum absolute atomic E-state index is 0.0218. The third kappa shape index (κ3) is 3.28. The predicted octanol–water partition coefficient (Wildman–Crippen LogP) is 3.19. The van der Waals surface area contributed by atoms with Crippen molar-refractivity contribution in [1.82, 2.24) is 10.2 Å².